The van der Waals surface area contributed by atoms with Gasteiger partial charge >= 0.3 is 0 Å². The van der Waals surface area contributed by atoms with Gasteiger partial charge in [0.2, 0.25) is 5.91 Å². The fourth-order valence-electron chi connectivity index (χ4n) is 3.05. The lowest BCUT2D eigenvalue weighted by Crippen LogP contribution is -2.24. The topological polar surface area (TPSA) is 65.4 Å². The molecule has 1 aliphatic heterocycles. The Balaban J connectivity index is 2.08. The van der Waals surface area contributed by atoms with Crippen LogP contribution in [-0.2, 0) is 11.8 Å². The van der Waals surface area contributed by atoms with E-state index in [-0.39, 0.29) is 17.9 Å². The number of amides is 1. The molecule has 7 heteroatoms. The average Bonchev–Trinajstić information content (AvgIpc) is 2.90. The maximum atomic E-state index is 12.1. The fraction of sp³-hybridized carbons (Fsp3) is 0.444. The predicted molar refractivity (Wildman–Crippen MR) is 96.7 cm³/mol. The van der Waals surface area contributed by atoms with Gasteiger partial charge in [-0.1, -0.05) is 11.6 Å². The number of hydrogen-bond acceptors (Lipinski definition) is 4. The molecule has 1 amide bonds. The minimum absolute atomic E-state index is 0.00603. The minimum atomic E-state index is -0.169. The largest absolute Gasteiger partial charge is 0.490 e. The highest BCUT2D eigenvalue weighted by atomic mass is 35.5. The van der Waals surface area contributed by atoms with Crippen LogP contribution in [0.4, 0.5) is 5.82 Å². The van der Waals surface area contributed by atoms with Crippen LogP contribution in [0.5, 0.6) is 11.5 Å². The van der Waals surface area contributed by atoms with Crippen molar-refractivity contribution < 1.29 is 14.3 Å². The van der Waals surface area contributed by atoms with Gasteiger partial charge in [0.05, 0.1) is 18.9 Å². The summed E-state index contributed by atoms with van der Waals surface area (Å²) >= 11 is 6.54. The van der Waals surface area contributed by atoms with Crippen molar-refractivity contribution in [2.24, 2.45) is 7.05 Å². The molecule has 1 aliphatic rings. The summed E-state index contributed by atoms with van der Waals surface area (Å²) in [5.41, 5.74) is 1.79. The Morgan fingerprint density at radius 3 is 2.80 bits per heavy atom. The molecule has 2 heterocycles. The lowest BCUT2D eigenvalue weighted by molar-refractivity contribution is -0.116. The quantitative estimate of drug-likeness (QED) is 0.878. The summed E-state index contributed by atoms with van der Waals surface area (Å²) in [7, 11) is 1.80. The summed E-state index contributed by atoms with van der Waals surface area (Å²) in [4.78, 5) is 12.1. The molecule has 1 atom stereocenters. The van der Waals surface area contributed by atoms with Crippen molar-refractivity contribution in [2.75, 3.05) is 11.9 Å². The highest BCUT2D eigenvalue weighted by Crippen LogP contribution is 2.43. The highest BCUT2D eigenvalue weighted by Gasteiger charge is 2.31. The highest BCUT2D eigenvalue weighted by molar-refractivity contribution is 6.31. The lowest BCUT2D eigenvalue weighted by atomic mass is 9.87. The van der Waals surface area contributed by atoms with Crippen molar-refractivity contribution in [1.82, 2.24) is 9.78 Å². The molecule has 1 N–H and O–H groups in total. The number of nitrogens with one attached hydrogen (secondary N) is 1. The maximum absolute atomic E-state index is 12.1. The van der Waals surface area contributed by atoms with Gasteiger partial charge in [-0.15, -0.1) is 0 Å². The van der Waals surface area contributed by atoms with E-state index in [9.17, 15) is 4.79 Å². The number of halogens is 1. The number of nitrogens with zero attached hydrogens (tertiary/aromatic N) is 2. The van der Waals surface area contributed by atoms with Gasteiger partial charge in [-0.05, 0) is 32.4 Å². The molecule has 3 rings (SSSR count). The molecule has 0 radical (unpaired) electrons. The second kappa shape index (κ2) is 6.96. The third-order valence-electron chi connectivity index (χ3n) is 4.09. The van der Waals surface area contributed by atoms with Crippen LogP contribution in [0.2, 0.25) is 5.02 Å². The van der Waals surface area contributed by atoms with E-state index in [1.807, 2.05) is 26.8 Å². The van der Waals surface area contributed by atoms with Gasteiger partial charge in [-0.3, -0.25) is 9.48 Å². The Kier molecular flexibility index (Phi) is 4.90. The van der Waals surface area contributed by atoms with E-state index in [4.69, 9.17) is 21.1 Å². The number of carbonyl (C=O) groups is 1. The Morgan fingerprint density at radius 2 is 2.12 bits per heavy atom. The maximum Gasteiger partial charge on any atom is 0.226 e. The van der Waals surface area contributed by atoms with Crippen LogP contribution in [0.3, 0.4) is 0 Å². The molecule has 6 nitrogen and oxygen atoms in total. The Hall–Kier alpha value is -2.21. The van der Waals surface area contributed by atoms with Crippen molar-refractivity contribution in [3.05, 3.63) is 34.5 Å². The summed E-state index contributed by atoms with van der Waals surface area (Å²) in [6, 6.07) is 3.65. The van der Waals surface area contributed by atoms with Crippen molar-refractivity contribution in [2.45, 2.75) is 39.2 Å². The number of benzene rings is 1. The molecule has 0 spiro atoms. The predicted octanol–water partition coefficient (Wildman–Crippen LogP) is 3.73. The summed E-state index contributed by atoms with van der Waals surface area (Å²) < 4.78 is 13.2. The first kappa shape index (κ1) is 17.6. The number of rotatable bonds is 5. The first-order valence-electron chi connectivity index (χ1n) is 8.35. The molecule has 2 aromatic rings. The molecule has 1 aromatic carbocycles. The van der Waals surface area contributed by atoms with Crippen molar-refractivity contribution in [3.63, 3.8) is 0 Å². The summed E-state index contributed by atoms with van der Waals surface area (Å²) in [6.07, 6.45) is 2.09. The molecular weight excluding hydrogens is 342 g/mol. The third kappa shape index (κ3) is 3.44. The van der Waals surface area contributed by atoms with Crippen LogP contribution in [0.15, 0.2) is 18.3 Å². The average molecular weight is 364 g/mol. The Morgan fingerprint density at radius 1 is 1.36 bits per heavy atom. The Bertz CT molecular complexity index is 801. The SMILES string of the molecule is CCOc1cc(C2CC(=O)Nc3c2cnn3C)c(Cl)cc1OC(C)C. The van der Waals surface area contributed by atoms with Gasteiger partial charge in [0.1, 0.15) is 5.82 Å². The van der Waals surface area contributed by atoms with E-state index in [0.717, 1.165) is 11.1 Å². The first-order valence-corrected chi connectivity index (χ1v) is 8.73. The number of aromatic nitrogens is 2. The van der Waals surface area contributed by atoms with Gasteiger partial charge in [-0.25, -0.2) is 0 Å². The normalized spacial score (nSPS) is 16.6. The number of carbonyl (C=O) groups excluding carboxylic acids is 1. The van der Waals surface area contributed by atoms with Gasteiger partial charge in [0, 0.05) is 36.0 Å². The summed E-state index contributed by atoms with van der Waals surface area (Å²) in [6.45, 7) is 6.33. The van der Waals surface area contributed by atoms with Crippen LogP contribution in [0, 0.1) is 0 Å². The first-order chi connectivity index (χ1) is 11.9. The fourth-order valence-corrected chi connectivity index (χ4v) is 3.34. The summed E-state index contributed by atoms with van der Waals surface area (Å²) in [5.74, 6) is 1.72. The molecular formula is C18H22ClN3O3. The molecule has 25 heavy (non-hydrogen) atoms. The van der Waals surface area contributed by atoms with E-state index in [1.54, 1.807) is 24.0 Å². The zero-order valence-electron chi connectivity index (χ0n) is 14.8. The number of hydrogen-bond donors (Lipinski definition) is 1. The van der Waals surface area contributed by atoms with E-state index in [2.05, 4.69) is 10.4 Å². The van der Waals surface area contributed by atoms with E-state index in [1.165, 1.54) is 0 Å². The van der Waals surface area contributed by atoms with E-state index in [0.29, 0.717) is 35.4 Å². The molecule has 0 fully saturated rings. The van der Waals surface area contributed by atoms with E-state index >= 15 is 0 Å². The smallest absolute Gasteiger partial charge is 0.226 e. The molecule has 1 unspecified atom stereocenters. The minimum Gasteiger partial charge on any atom is -0.490 e. The van der Waals surface area contributed by atoms with Crippen LogP contribution in [0.1, 0.15) is 44.2 Å². The number of anilines is 1. The van der Waals surface area contributed by atoms with Crippen molar-refractivity contribution >= 4 is 23.3 Å². The van der Waals surface area contributed by atoms with Crippen LogP contribution in [0.25, 0.3) is 0 Å². The van der Waals surface area contributed by atoms with Crippen molar-refractivity contribution in [1.29, 1.82) is 0 Å². The third-order valence-corrected chi connectivity index (χ3v) is 4.42. The van der Waals surface area contributed by atoms with Crippen molar-refractivity contribution in [3.8, 4) is 11.5 Å². The zero-order valence-corrected chi connectivity index (χ0v) is 15.6. The van der Waals surface area contributed by atoms with Gasteiger partial charge < -0.3 is 14.8 Å². The van der Waals surface area contributed by atoms with Crippen LogP contribution < -0.4 is 14.8 Å². The molecule has 0 saturated carbocycles. The number of fused-ring (bicyclic) bond motifs is 1. The molecule has 0 aliphatic carbocycles. The molecule has 0 saturated heterocycles. The number of aryl methyl sites for hydroxylation is 1. The zero-order chi connectivity index (χ0) is 18.1. The van der Waals surface area contributed by atoms with Gasteiger partial charge in [0.25, 0.3) is 0 Å². The van der Waals surface area contributed by atoms with Crippen LogP contribution in [-0.4, -0.2) is 28.4 Å². The number of ether oxygens (including phenoxy) is 2. The second-order valence-corrected chi connectivity index (χ2v) is 6.70. The standard InChI is InChI=1S/C18H22ClN3O3/c1-5-24-15-6-12(14(19)8-16(15)25-10(2)3)11-7-17(23)21-18-13(11)9-20-22(18)4/h6,8-11H,5,7H2,1-4H3,(H,21,23). The monoisotopic (exact) mass is 363 g/mol. The Labute approximate surface area is 152 Å². The van der Waals surface area contributed by atoms with Gasteiger partial charge in [-0.2, -0.15) is 5.10 Å². The summed E-state index contributed by atoms with van der Waals surface area (Å²) in [5, 5.41) is 7.67. The molecule has 1 aromatic heterocycles. The van der Waals surface area contributed by atoms with Crippen LogP contribution >= 0.6 is 11.6 Å². The van der Waals surface area contributed by atoms with Gasteiger partial charge in [0.15, 0.2) is 11.5 Å². The van der Waals surface area contributed by atoms with E-state index < -0.39 is 0 Å². The second-order valence-electron chi connectivity index (χ2n) is 6.30. The lowest BCUT2D eigenvalue weighted by Gasteiger charge is -2.25. The molecule has 0 bridgehead atoms. The molecule has 134 valence electrons.